The molecule has 1 heteroatoms. The zero-order valence-corrected chi connectivity index (χ0v) is 40.8. The van der Waals surface area contributed by atoms with Gasteiger partial charge in [0.05, 0.1) is 0 Å². The summed E-state index contributed by atoms with van der Waals surface area (Å²) in [5, 5.41) is 3.39. The molecule has 64 heavy (non-hydrogen) atoms. The van der Waals surface area contributed by atoms with Crippen LogP contribution in [0.4, 0.5) is 0 Å². The molecule has 0 spiro atoms. The Labute approximate surface area is 388 Å². The van der Waals surface area contributed by atoms with Crippen molar-refractivity contribution in [3.05, 3.63) is 244 Å². The van der Waals surface area contributed by atoms with Crippen molar-refractivity contribution in [1.29, 1.82) is 0 Å². The van der Waals surface area contributed by atoms with Crippen LogP contribution < -0.4 is 5.32 Å². The highest BCUT2D eigenvalue weighted by molar-refractivity contribution is 5.83. The minimum absolute atomic E-state index is 0.151. The van der Waals surface area contributed by atoms with Crippen LogP contribution in [0.2, 0.25) is 0 Å². The molecule has 2 aliphatic rings. The molecule has 0 radical (unpaired) electrons. The number of benzene rings is 6. The van der Waals surface area contributed by atoms with Crippen LogP contribution in [-0.4, -0.2) is 7.05 Å². The molecular weight excluding hydrogens is 771 g/mol. The van der Waals surface area contributed by atoms with Crippen LogP contribution in [-0.2, 0) is 18.3 Å². The van der Waals surface area contributed by atoms with Gasteiger partial charge in [0, 0.05) is 23.7 Å². The number of rotatable bonds is 10. The van der Waals surface area contributed by atoms with E-state index in [-0.39, 0.29) is 5.41 Å². The third-order valence-electron chi connectivity index (χ3n) is 11.9. The summed E-state index contributed by atoms with van der Waals surface area (Å²) in [4.78, 5) is 0. The second-order valence-electron chi connectivity index (χ2n) is 16.2. The van der Waals surface area contributed by atoms with E-state index < -0.39 is 0 Å². The lowest BCUT2D eigenvalue weighted by Crippen LogP contribution is -2.14. The van der Waals surface area contributed by atoms with Gasteiger partial charge in [-0.15, -0.1) is 0 Å². The molecule has 6 aromatic rings. The van der Waals surface area contributed by atoms with Crippen LogP contribution in [0.1, 0.15) is 124 Å². The summed E-state index contributed by atoms with van der Waals surface area (Å²) in [6.45, 7) is 29.2. The average Bonchev–Trinajstić information content (AvgIpc) is 3.82. The third kappa shape index (κ3) is 12.4. The monoisotopic (exact) mass is 844 g/mol. The summed E-state index contributed by atoms with van der Waals surface area (Å²) in [6, 6.07) is 51.7. The second kappa shape index (κ2) is 25.0. The van der Waals surface area contributed by atoms with Crippen molar-refractivity contribution in [2.24, 2.45) is 0 Å². The molecule has 0 fully saturated rings. The topological polar surface area (TPSA) is 12.0 Å². The van der Waals surface area contributed by atoms with Gasteiger partial charge >= 0.3 is 0 Å². The van der Waals surface area contributed by atoms with Crippen molar-refractivity contribution in [2.75, 3.05) is 7.05 Å². The summed E-state index contributed by atoms with van der Waals surface area (Å²) < 4.78 is 0. The van der Waals surface area contributed by atoms with Crippen LogP contribution in [0.25, 0.3) is 39.6 Å². The molecule has 0 aromatic heterocycles. The normalized spacial score (nSPS) is 13.0. The highest BCUT2D eigenvalue weighted by Gasteiger charge is 2.34. The first-order valence-electron chi connectivity index (χ1n) is 23.3. The molecular formula is C63H73N. The number of nitrogens with one attached hydrogen (secondary N) is 1. The molecule has 1 nitrogen and oxygen atoms in total. The lowest BCUT2D eigenvalue weighted by atomic mass is 9.82. The average molecular weight is 844 g/mol. The SMILES string of the molecule is C/C=C(\C=C(/C)c1ccccc1)c1ccccc1.C=CC(=C)c1ccccc1CC=Cc1ccc2c(c1)C(NC)=C(CC)C2.CC.CC.Cc1ccc2c(c1)C(C)(C)c1ccccc1-2. The van der Waals surface area contributed by atoms with Crippen molar-refractivity contribution >= 4 is 28.5 Å². The quantitative estimate of drug-likeness (QED) is 0.136. The molecule has 330 valence electrons. The van der Waals surface area contributed by atoms with Gasteiger partial charge in [-0.1, -0.05) is 237 Å². The van der Waals surface area contributed by atoms with Crippen molar-refractivity contribution in [3.8, 4) is 11.1 Å². The van der Waals surface area contributed by atoms with E-state index in [2.05, 4.69) is 218 Å². The van der Waals surface area contributed by atoms with E-state index in [1.54, 1.807) is 0 Å². The second-order valence-corrected chi connectivity index (χ2v) is 16.2. The van der Waals surface area contributed by atoms with Crippen molar-refractivity contribution in [2.45, 2.75) is 93.9 Å². The Balaban J connectivity index is 0.000000209. The predicted octanol–water partition coefficient (Wildman–Crippen LogP) is 17.6. The van der Waals surface area contributed by atoms with Crippen molar-refractivity contribution < 1.29 is 0 Å². The van der Waals surface area contributed by atoms with E-state index in [0.717, 1.165) is 24.8 Å². The van der Waals surface area contributed by atoms with Gasteiger partial charge in [0.2, 0.25) is 0 Å². The first kappa shape index (κ1) is 50.2. The van der Waals surface area contributed by atoms with E-state index >= 15 is 0 Å². The summed E-state index contributed by atoms with van der Waals surface area (Å²) >= 11 is 0. The summed E-state index contributed by atoms with van der Waals surface area (Å²) in [5.74, 6) is 0. The van der Waals surface area contributed by atoms with Crippen LogP contribution in [0.5, 0.6) is 0 Å². The number of allylic oxidation sites excluding steroid dienone is 8. The van der Waals surface area contributed by atoms with Gasteiger partial charge in [0.1, 0.15) is 0 Å². The van der Waals surface area contributed by atoms with Gasteiger partial charge < -0.3 is 5.32 Å². The van der Waals surface area contributed by atoms with Gasteiger partial charge in [-0.2, -0.15) is 0 Å². The van der Waals surface area contributed by atoms with Gasteiger partial charge in [-0.25, -0.2) is 0 Å². The number of fused-ring (bicyclic) bond motifs is 4. The fraction of sp³-hybridized carbons (Fsp3) is 0.238. The Morgan fingerprint density at radius 1 is 0.703 bits per heavy atom. The van der Waals surface area contributed by atoms with E-state index in [9.17, 15) is 0 Å². The van der Waals surface area contributed by atoms with E-state index in [4.69, 9.17) is 0 Å². The number of hydrogen-bond acceptors (Lipinski definition) is 1. The lowest BCUT2D eigenvalue weighted by Gasteiger charge is -2.21. The lowest BCUT2D eigenvalue weighted by molar-refractivity contribution is 0.660. The van der Waals surface area contributed by atoms with E-state index in [1.165, 1.54) is 89.2 Å². The van der Waals surface area contributed by atoms with E-state index in [0.29, 0.717) is 0 Å². The first-order valence-corrected chi connectivity index (χ1v) is 23.3. The zero-order chi connectivity index (χ0) is 46.6. The largest absolute Gasteiger partial charge is 0.388 e. The summed E-state index contributed by atoms with van der Waals surface area (Å²) in [7, 11) is 2.02. The Morgan fingerprint density at radius 3 is 1.95 bits per heavy atom. The smallest absolute Gasteiger partial charge is 0.0409 e. The van der Waals surface area contributed by atoms with Crippen LogP contribution >= 0.6 is 0 Å². The van der Waals surface area contributed by atoms with Gasteiger partial charge in [-0.3, -0.25) is 0 Å². The summed E-state index contributed by atoms with van der Waals surface area (Å²) in [5.41, 5.74) is 22.6. The third-order valence-corrected chi connectivity index (χ3v) is 11.9. The molecule has 0 unspecified atom stereocenters. The van der Waals surface area contributed by atoms with Crippen molar-refractivity contribution in [1.82, 2.24) is 5.32 Å². The number of aryl methyl sites for hydroxylation is 1. The predicted molar refractivity (Wildman–Crippen MR) is 286 cm³/mol. The molecule has 0 bridgehead atoms. The van der Waals surface area contributed by atoms with E-state index in [1.807, 2.05) is 53.0 Å². The molecule has 6 aromatic carbocycles. The van der Waals surface area contributed by atoms with Gasteiger partial charge in [0.15, 0.2) is 0 Å². The molecule has 2 aliphatic carbocycles. The molecule has 0 atom stereocenters. The van der Waals surface area contributed by atoms with Crippen LogP contribution in [0, 0.1) is 6.92 Å². The maximum Gasteiger partial charge on any atom is 0.0409 e. The molecule has 0 aliphatic heterocycles. The summed E-state index contributed by atoms with van der Waals surface area (Å²) in [6.07, 6.45) is 13.7. The Bertz CT molecular complexity index is 2570. The maximum absolute atomic E-state index is 4.09. The molecule has 0 saturated carbocycles. The molecule has 8 rings (SSSR count). The van der Waals surface area contributed by atoms with Crippen molar-refractivity contribution in [3.63, 3.8) is 0 Å². The van der Waals surface area contributed by atoms with Crippen LogP contribution in [0.15, 0.2) is 189 Å². The minimum atomic E-state index is 0.151. The fourth-order valence-electron chi connectivity index (χ4n) is 8.45. The molecule has 0 heterocycles. The maximum atomic E-state index is 4.09. The number of hydrogen-bond donors (Lipinski definition) is 1. The van der Waals surface area contributed by atoms with Gasteiger partial charge in [0.25, 0.3) is 0 Å². The molecule has 1 N–H and O–H groups in total. The Morgan fingerprint density at radius 2 is 1.31 bits per heavy atom. The Kier molecular flexibility index (Phi) is 19.6. The molecule has 0 amide bonds. The fourth-order valence-corrected chi connectivity index (χ4v) is 8.45. The highest BCUT2D eigenvalue weighted by Crippen LogP contribution is 2.48. The zero-order valence-electron chi connectivity index (χ0n) is 40.8. The minimum Gasteiger partial charge on any atom is -0.388 e. The molecule has 0 saturated heterocycles. The highest BCUT2D eigenvalue weighted by atomic mass is 14.8. The van der Waals surface area contributed by atoms with Crippen LogP contribution in [0.3, 0.4) is 0 Å². The Hall–Kier alpha value is -6.44. The first-order chi connectivity index (χ1) is 31.1. The van der Waals surface area contributed by atoms with Gasteiger partial charge in [-0.05, 0) is 124 Å². The standard InChI is InChI=1S/C25H27N.C18H18.C16H16.2C2H6/c1-5-18(3)23-13-8-7-11-21(23)12-9-10-19-14-15-22-17-20(6-2)25(26-4)24(22)16-19;1-3-16(18-12-8-5-9-13-18)14-15(2)17-10-6-4-7-11-17;1-11-8-9-13-12-6-4-5-7-14(12)16(2,3)15(13)10-11;2*1-2/h5,7-11,13-16,26H,1,3,6,12,17H2,2,4H3;3-14H,1-2H3;4-10H,1-3H3;2*1-2H3/b;15-14+,16-3+;;;.